The molecule has 15 heavy (non-hydrogen) atoms. The maximum Gasteiger partial charge on any atom is 0.0972 e. The molecule has 1 aliphatic carbocycles. The molecule has 3 N–H and O–H groups in total. The number of aliphatic hydroxyl groups is 2. The fourth-order valence-electron chi connectivity index (χ4n) is 2.02. The fraction of sp³-hybridized carbons (Fsp3) is 1.00. The Morgan fingerprint density at radius 1 is 1.40 bits per heavy atom. The van der Waals surface area contributed by atoms with Gasteiger partial charge in [-0.15, -0.1) is 0 Å². The summed E-state index contributed by atoms with van der Waals surface area (Å²) in [6.07, 6.45) is 4.83. The maximum absolute atomic E-state index is 9.66. The van der Waals surface area contributed by atoms with Crippen LogP contribution in [0.5, 0.6) is 0 Å². The van der Waals surface area contributed by atoms with Crippen LogP contribution in [0.1, 0.15) is 32.6 Å². The molecule has 90 valence electrons. The van der Waals surface area contributed by atoms with Crippen LogP contribution >= 0.6 is 0 Å². The fourth-order valence-corrected chi connectivity index (χ4v) is 2.02. The Balaban J connectivity index is 2.35. The van der Waals surface area contributed by atoms with Crippen molar-refractivity contribution in [3.63, 3.8) is 0 Å². The molecule has 0 bridgehead atoms. The van der Waals surface area contributed by atoms with E-state index in [1.807, 2.05) is 0 Å². The van der Waals surface area contributed by atoms with E-state index in [9.17, 15) is 5.11 Å². The summed E-state index contributed by atoms with van der Waals surface area (Å²) in [6, 6.07) is 0.307. The standard InChI is InChI=1S/C11H23NO3/c1-11(14,8-13)7-12-9-5-3-4-6-10(9)15-2/h9-10,12-14H,3-8H2,1-2H3. The monoisotopic (exact) mass is 217 g/mol. The molecule has 0 spiro atoms. The van der Waals surface area contributed by atoms with Crippen molar-refractivity contribution in [2.45, 2.75) is 50.4 Å². The van der Waals surface area contributed by atoms with Gasteiger partial charge in [-0.1, -0.05) is 12.8 Å². The largest absolute Gasteiger partial charge is 0.393 e. The molecule has 0 saturated heterocycles. The van der Waals surface area contributed by atoms with Gasteiger partial charge in [-0.05, 0) is 19.8 Å². The Bertz CT molecular complexity index is 185. The predicted octanol–water partition coefficient (Wildman–Crippen LogP) is 0.277. The topological polar surface area (TPSA) is 61.7 Å². The molecule has 1 fully saturated rings. The smallest absolute Gasteiger partial charge is 0.0972 e. The van der Waals surface area contributed by atoms with Crippen LogP contribution in [0.3, 0.4) is 0 Å². The SMILES string of the molecule is COC1CCCCC1NCC(C)(O)CO. The molecule has 1 aliphatic rings. The molecule has 0 heterocycles. The van der Waals surface area contributed by atoms with Gasteiger partial charge >= 0.3 is 0 Å². The number of hydrogen-bond acceptors (Lipinski definition) is 4. The highest BCUT2D eigenvalue weighted by atomic mass is 16.5. The lowest BCUT2D eigenvalue weighted by molar-refractivity contribution is -0.0121. The number of rotatable bonds is 5. The van der Waals surface area contributed by atoms with Gasteiger partial charge in [-0.2, -0.15) is 0 Å². The molecule has 3 atom stereocenters. The molecular weight excluding hydrogens is 194 g/mol. The van der Waals surface area contributed by atoms with Crippen LogP contribution in [-0.4, -0.2) is 48.2 Å². The van der Waals surface area contributed by atoms with Crippen LogP contribution in [0.15, 0.2) is 0 Å². The zero-order valence-corrected chi connectivity index (χ0v) is 9.70. The van der Waals surface area contributed by atoms with E-state index < -0.39 is 5.60 Å². The molecule has 1 saturated carbocycles. The van der Waals surface area contributed by atoms with Gasteiger partial charge in [0, 0.05) is 19.7 Å². The van der Waals surface area contributed by atoms with Crippen molar-refractivity contribution in [1.29, 1.82) is 0 Å². The van der Waals surface area contributed by atoms with Crippen molar-refractivity contribution in [3.05, 3.63) is 0 Å². The van der Waals surface area contributed by atoms with E-state index in [0.29, 0.717) is 12.6 Å². The molecule has 3 unspecified atom stereocenters. The molecule has 0 aliphatic heterocycles. The number of aliphatic hydroxyl groups excluding tert-OH is 1. The Kier molecular flexibility index (Phi) is 4.99. The van der Waals surface area contributed by atoms with Crippen molar-refractivity contribution in [1.82, 2.24) is 5.32 Å². The summed E-state index contributed by atoms with van der Waals surface area (Å²) in [5.74, 6) is 0. The summed E-state index contributed by atoms with van der Waals surface area (Å²) in [7, 11) is 1.73. The van der Waals surface area contributed by atoms with Crippen LogP contribution in [-0.2, 0) is 4.74 Å². The summed E-state index contributed by atoms with van der Waals surface area (Å²) in [6.45, 7) is 1.82. The van der Waals surface area contributed by atoms with Gasteiger partial charge in [0.25, 0.3) is 0 Å². The highest BCUT2D eigenvalue weighted by Gasteiger charge is 2.27. The van der Waals surface area contributed by atoms with Crippen LogP contribution in [0, 0.1) is 0 Å². The van der Waals surface area contributed by atoms with Gasteiger partial charge in [0.05, 0.1) is 18.3 Å². The molecule has 1 rings (SSSR count). The zero-order chi connectivity index (χ0) is 11.3. The van der Waals surface area contributed by atoms with E-state index in [2.05, 4.69) is 5.32 Å². The average Bonchev–Trinajstić information content (AvgIpc) is 2.27. The van der Waals surface area contributed by atoms with Crippen LogP contribution < -0.4 is 5.32 Å². The van der Waals surface area contributed by atoms with Gasteiger partial charge in [0.2, 0.25) is 0 Å². The van der Waals surface area contributed by atoms with Gasteiger partial charge in [-0.25, -0.2) is 0 Å². The van der Waals surface area contributed by atoms with E-state index in [1.165, 1.54) is 12.8 Å². The Labute approximate surface area is 91.6 Å². The summed E-state index contributed by atoms with van der Waals surface area (Å²) in [4.78, 5) is 0. The van der Waals surface area contributed by atoms with E-state index >= 15 is 0 Å². The van der Waals surface area contributed by atoms with E-state index in [0.717, 1.165) is 12.8 Å². The van der Waals surface area contributed by atoms with E-state index in [4.69, 9.17) is 9.84 Å². The molecule has 0 aromatic heterocycles. The lowest BCUT2D eigenvalue weighted by Crippen LogP contribution is -2.50. The zero-order valence-electron chi connectivity index (χ0n) is 9.70. The van der Waals surface area contributed by atoms with Gasteiger partial charge in [-0.3, -0.25) is 0 Å². The van der Waals surface area contributed by atoms with Gasteiger partial charge < -0.3 is 20.3 Å². The summed E-state index contributed by atoms with van der Waals surface area (Å²) in [5.41, 5.74) is -1.03. The quantitative estimate of drug-likeness (QED) is 0.619. The Hall–Kier alpha value is -0.160. The van der Waals surface area contributed by atoms with Crippen LogP contribution in [0.25, 0.3) is 0 Å². The third-order valence-electron chi connectivity index (χ3n) is 3.09. The third kappa shape index (κ3) is 4.07. The van der Waals surface area contributed by atoms with Crippen molar-refractivity contribution >= 4 is 0 Å². The first-order valence-electron chi connectivity index (χ1n) is 5.68. The van der Waals surface area contributed by atoms with Crippen molar-refractivity contribution in [2.24, 2.45) is 0 Å². The lowest BCUT2D eigenvalue weighted by Gasteiger charge is -2.33. The predicted molar refractivity (Wildman–Crippen MR) is 58.8 cm³/mol. The number of ether oxygens (including phenoxy) is 1. The first kappa shape index (κ1) is 12.9. The Morgan fingerprint density at radius 3 is 2.67 bits per heavy atom. The molecule has 4 heteroatoms. The first-order valence-corrected chi connectivity index (χ1v) is 5.68. The lowest BCUT2D eigenvalue weighted by atomic mass is 9.92. The molecule has 0 amide bonds. The number of hydrogen-bond donors (Lipinski definition) is 3. The van der Waals surface area contributed by atoms with Gasteiger partial charge in [0.1, 0.15) is 0 Å². The minimum atomic E-state index is -1.03. The average molecular weight is 217 g/mol. The highest BCUT2D eigenvalue weighted by molar-refractivity contribution is 4.85. The van der Waals surface area contributed by atoms with Crippen LogP contribution in [0.2, 0.25) is 0 Å². The molecule has 0 aromatic carbocycles. The summed E-state index contributed by atoms with van der Waals surface area (Å²) < 4.78 is 5.40. The number of methoxy groups -OCH3 is 1. The minimum Gasteiger partial charge on any atom is -0.393 e. The van der Waals surface area contributed by atoms with Crippen molar-refractivity contribution in [3.8, 4) is 0 Å². The van der Waals surface area contributed by atoms with Gasteiger partial charge in [0.15, 0.2) is 0 Å². The molecule has 0 aromatic rings. The molecule has 0 radical (unpaired) electrons. The van der Waals surface area contributed by atoms with Crippen molar-refractivity contribution in [2.75, 3.05) is 20.3 Å². The third-order valence-corrected chi connectivity index (χ3v) is 3.09. The first-order chi connectivity index (χ1) is 7.09. The minimum absolute atomic E-state index is 0.218. The number of nitrogens with one attached hydrogen (secondary N) is 1. The maximum atomic E-state index is 9.66. The van der Waals surface area contributed by atoms with Crippen LogP contribution in [0.4, 0.5) is 0 Å². The second-order valence-corrected chi connectivity index (χ2v) is 4.70. The van der Waals surface area contributed by atoms with E-state index in [1.54, 1.807) is 14.0 Å². The van der Waals surface area contributed by atoms with E-state index in [-0.39, 0.29) is 12.7 Å². The summed E-state index contributed by atoms with van der Waals surface area (Å²) >= 11 is 0. The molecular formula is C11H23NO3. The molecule has 4 nitrogen and oxygen atoms in total. The van der Waals surface area contributed by atoms with Crippen molar-refractivity contribution < 1.29 is 14.9 Å². The highest BCUT2D eigenvalue weighted by Crippen LogP contribution is 2.21. The summed E-state index contributed by atoms with van der Waals surface area (Å²) in [5, 5.41) is 21.9. The Morgan fingerprint density at radius 2 is 2.07 bits per heavy atom. The second-order valence-electron chi connectivity index (χ2n) is 4.70. The second kappa shape index (κ2) is 5.80. The normalized spacial score (nSPS) is 31.2.